The average Bonchev–Trinajstić information content (AvgIpc) is 3.35. The summed E-state index contributed by atoms with van der Waals surface area (Å²) in [4.78, 5) is 38.8. The lowest BCUT2D eigenvalue weighted by Crippen LogP contribution is -2.38. The van der Waals surface area contributed by atoms with Crippen LogP contribution in [0.4, 0.5) is 18.0 Å². The number of nitrogens with zero attached hydrogens (tertiary/aromatic N) is 2. The number of likely N-dealkylation sites (tertiary alicyclic amines) is 1. The summed E-state index contributed by atoms with van der Waals surface area (Å²) in [7, 11) is 1.47. The quantitative estimate of drug-likeness (QED) is 0.271. The number of benzene rings is 2. The number of carboxylic acids is 1. The van der Waals surface area contributed by atoms with Gasteiger partial charge in [-0.3, -0.25) is 4.79 Å². The second-order valence-corrected chi connectivity index (χ2v) is 11.9. The topological polar surface area (TPSA) is 129 Å². The fraction of sp³-hybridized carbons (Fsp3) is 0.469. The molecule has 1 saturated heterocycles. The molecule has 250 valence electrons. The average molecular weight is 650 g/mol. The Labute approximate surface area is 264 Å². The van der Waals surface area contributed by atoms with Crippen molar-refractivity contribution in [1.82, 2.24) is 14.8 Å². The highest BCUT2D eigenvalue weighted by atomic mass is 19.4. The third-order valence-electron chi connectivity index (χ3n) is 7.34. The number of carbonyl (C=O) groups is 3. The van der Waals surface area contributed by atoms with Crippen molar-refractivity contribution in [3.05, 3.63) is 59.3 Å². The van der Waals surface area contributed by atoms with E-state index in [0.717, 1.165) is 11.1 Å². The lowest BCUT2D eigenvalue weighted by Gasteiger charge is -2.33. The summed E-state index contributed by atoms with van der Waals surface area (Å²) in [5, 5.41) is 12.2. The molecule has 3 aromatic rings. The number of methoxy groups -OCH3 is 1. The SMILES string of the molecule is COCCn1cc(C(=O)N2CCC(c3cc(CNC(=O)OC(C)(C)C)ccc3OCC(=O)O)CC2)c2cccc(OC(F)(F)F)c21. The van der Waals surface area contributed by atoms with Crippen LogP contribution in [0.5, 0.6) is 11.5 Å². The van der Waals surface area contributed by atoms with Crippen molar-refractivity contribution in [3.8, 4) is 11.5 Å². The second-order valence-electron chi connectivity index (χ2n) is 11.9. The first-order chi connectivity index (χ1) is 21.6. The molecule has 2 N–H and O–H groups in total. The van der Waals surface area contributed by atoms with E-state index in [-0.39, 0.29) is 42.6 Å². The molecule has 4 rings (SSSR count). The van der Waals surface area contributed by atoms with E-state index in [9.17, 15) is 27.6 Å². The first-order valence-electron chi connectivity index (χ1n) is 14.7. The minimum Gasteiger partial charge on any atom is -0.482 e. The summed E-state index contributed by atoms with van der Waals surface area (Å²) >= 11 is 0. The highest BCUT2D eigenvalue weighted by Crippen LogP contribution is 2.37. The van der Waals surface area contributed by atoms with E-state index < -0.39 is 36.4 Å². The minimum absolute atomic E-state index is 0.0934. The molecule has 46 heavy (non-hydrogen) atoms. The lowest BCUT2D eigenvalue weighted by molar-refractivity contribution is -0.274. The number of amides is 2. The van der Waals surface area contributed by atoms with E-state index in [1.165, 1.54) is 30.0 Å². The summed E-state index contributed by atoms with van der Waals surface area (Å²) < 4.78 is 61.3. The van der Waals surface area contributed by atoms with Crippen LogP contribution in [0, 0.1) is 0 Å². The molecular formula is C32H38F3N3O8. The number of aliphatic carboxylic acids is 1. The van der Waals surface area contributed by atoms with Gasteiger partial charge in [0, 0.05) is 44.9 Å². The van der Waals surface area contributed by atoms with Crippen molar-refractivity contribution in [2.45, 2.75) is 64.6 Å². The molecule has 14 heteroatoms. The van der Waals surface area contributed by atoms with Gasteiger partial charge < -0.3 is 38.8 Å². The standard InChI is InChI=1S/C32H38F3N3O8/c1-31(2,3)46-30(42)36-17-20-8-9-25(44-19-27(39)40)23(16-20)21-10-12-37(13-11-21)29(41)24-18-38(14-15-43-4)28-22(24)6-5-7-26(28)45-32(33,34)35/h5-9,16,18,21H,10-15,17,19H2,1-4H3,(H,36,42)(H,39,40). The summed E-state index contributed by atoms with van der Waals surface area (Å²) in [5.41, 5.74) is 1.24. The molecule has 0 aliphatic carbocycles. The van der Waals surface area contributed by atoms with Crippen molar-refractivity contribution < 1.29 is 51.6 Å². The zero-order chi connectivity index (χ0) is 33.6. The molecule has 0 saturated carbocycles. The van der Waals surface area contributed by atoms with Gasteiger partial charge in [-0.1, -0.05) is 24.3 Å². The molecule has 0 unspecified atom stereocenters. The number of piperidine rings is 1. The molecule has 0 atom stereocenters. The second kappa shape index (κ2) is 14.3. The fourth-order valence-electron chi connectivity index (χ4n) is 5.42. The molecule has 0 bridgehead atoms. The van der Waals surface area contributed by atoms with Gasteiger partial charge in [-0.05, 0) is 62.8 Å². The van der Waals surface area contributed by atoms with E-state index in [4.69, 9.17) is 19.3 Å². The summed E-state index contributed by atoms with van der Waals surface area (Å²) in [6.07, 6.45) is -2.92. The molecule has 1 aliphatic heterocycles. The Morgan fingerprint density at radius 2 is 1.76 bits per heavy atom. The van der Waals surface area contributed by atoms with Gasteiger partial charge in [0.15, 0.2) is 12.4 Å². The fourth-order valence-corrected chi connectivity index (χ4v) is 5.42. The molecule has 2 amide bonds. The Kier molecular flexibility index (Phi) is 10.7. The summed E-state index contributed by atoms with van der Waals surface area (Å²) in [6.45, 7) is 6.01. The third-order valence-corrected chi connectivity index (χ3v) is 7.34. The highest BCUT2D eigenvalue weighted by Gasteiger charge is 2.34. The molecule has 2 heterocycles. The van der Waals surface area contributed by atoms with Crippen LogP contribution in [0.15, 0.2) is 42.6 Å². The maximum atomic E-state index is 13.8. The zero-order valence-corrected chi connectivity index (χ0v) is 26.1. The first kappa shape index (κ1) is 34.4. The van der Waals surface area contributed by atoms with Gasteiger partial charge in [-0.2, -0.15) is 0 Å². The number of para-hydroxylation sites is 1. The van der Waals surface area contributed by atoms with Crippen LogP contribution in [0.2, 0.25) is 0 Å². The predicted octanol–water partition coefficient (Wildman–Crippen LogP) is 5.69. The number of halogens is 3. The Morgan fingerprint density at radius 1 is 1.04 bits per heavy atom. The van der Waals surface area contributed by atoms with E-state index >= 15 is 0 Å². The van der Waals surface area contributed by atoms with Gasteiger partial charge in [-0.15, -0.1) is 13.2 Å². The number of rotatable bonds is 11. The number of ether oxygens (including phenoxy) is 4. The van der Waals surface area contributed by atoms with Crippen molar-refractivity contribution in [1.29, 1.82) is 0 Å². The number of carbonyl (C=O) groups excluding carboxylic acids is 2. The van der Waals surface area contributed by atoms with Crippen LogP contribution in [0.1, 0.15) is 61.0 Å². The van der Waals surface area contributed by atoms with Crippen LogP contribution in [-0.4, -0.2) is 77.9 Å². The van der Waals surface area contributed by atoms with Crippen LogP contribution >= 0.6 is 0 Å². The molecule has 1 fully saturated rings. The van der Waals surface area contributed by atoms with Gasteiger partial charge in [0.25, 0.3) is 5.91 Å². The molecule has 1 aliphatic rings. The monoisotopic (exact) mass is 649 g/mol. The normalized spacial score (nSPS) is 14.3. The maximum absolute atomic E-state index is 13.8. The largest absolute Gasteiger partial charge is 0.573 e. The molecular weight excluding hydrogens is 611 g/mol. The van der Waals surface area contributed by atoms with Crippen LogP contribution in [0.25, 0.3) is 10.9 Å². The minimum atomic E-state index is -4.91. The number of fused-ring (bicyclic) bond motifs is 1. The van der Waals surface area contributed by atoms with Crippen molar-refractivity contribution in [2.24, 2.45) is 0 Å². The number of carboxylic acid groups (broad SMARTS) is 1. The first-order valence-corrected chi connectivity index (χ1v) is 14.7. The Hall–Kier alpha value is -4.46. The van der Waals surface area contributed by atoms with E-state index in [1.54, 1.807) is 43.9 Å². The van der Waals surface area contributed by atoms with Gasteiger partial charge in [0.2, 0.25) is 0 Å². The smallest absolute Gasteiger partial charge is 0.482 e. The number of aromatic nitrogens is 1. The van der Waals surface area contributed by atoms with Gasteiger partial charge >= 0.3 is 18.4 Å². The van der Waals surface area contributed by atoms with Gasteiger partial charge in [-0.25, -0.2) is 9.59 Å². The van der Waals surface area contributed by atoms with Crippen molar-refractivity contribution >= 4 is 28.9 Å². The van der Waals surface area contributed by atoms with Crippen LogP contribution in [0.3, 0.4) is 0 Å². The van der Waals surface area contributed by atoms with Gasteiger partial charge in [0.05, 0.1) is 17.7 Å². The van der Waals surface area contributed by atoms with Gasteiger partial charge in [0.1, 0.15) is 11.4 Å². The molecule has 0 radical (unpaired) electrons. The number of nitrogens with one attached hydrogen (secondary N) is 1. The molecule has 1 aromatic heterocycles. The van der Waals surface area contributed by atoms with Crippen LogP contribution in [-0.2, 0) is 27.4 Å². The third kappa shape index (κ3) is 9.05. The number of alkyl halides is 3. The van der Waals surface area contributed by atoms with Crippen molar-refractivity contribution in [2.75, 3.05) is 33.4 Å². The number of hydrogen-bond acceptors (Lipinski definition) is 7. The number of hydrogen-bond donors (Lipinski definition) is 2. The number of alkyl carbamates (subject to hydrolysis) is 1. The molecule has 0 spiro atoms. The molecule has 2 aromatic carbocycles. The summed E-state index contributed by atoms with van der Waals surface area (Å²) in [5.74, 6) is -1.57. The Balaban J connectivity index is 1.54. The van der Waals surface area contributed by atoms with Crippen LogP contribution < -0.4 is 14.8 Å². The van der Waals surface area contributed by atoms with E-state index in [2.05, 4.69) is 10.1 Å². The van der Waals surface area contributed by atoms with E-state index in [1.807, 2.05) is 6.07 Å². The molecule has 11 nitrogen and oxygen atoms in total. The Bertz CT molecular complexity index is 1560. The van der Waals surface area contributed by atoms with Crippen molar-refractivity contribution in [3.63, 3.8) is 0 Å². The Morgan fingerprint density at radius 3 is 2.39 bits per heavy atom. The predicted molar refractivity (Wildman–Crippen MR) is 161 cm³/mol. The lowest BCUT2D eigenvalue weighted by atomic mass is 9.87. The van der Waals surface area contributed by atoms with E-state index in [0.29, 0.717) is 37.1 Å². The summed E-state index contributed by atoms with van der Waals surface area (Å²) in [6, 6.07) is 9.45. The highest BCUT2D eigenvalue weighted by molar-refractivity contribution is 6.08. The maximum Gasteiger partial charge on any atom is 0.573 e. The zero-order valence-electron chi connectivity index (χ0n) is 26.1.